The van der Waals surface area contributed by atoms with Gasteiger partial charge in [0.25, 0.3) is 0 Å². The number of aromatic nitrogens is 1. The lowest BCUT2D eigenvalue weighted by Crippen LogP contribution is -2.37. The molecule has 0 unspecified atom stereocenters. The van der Waals surface area contributed by atoms with Gasteiger partial charge < -0.3 is 19.3 Å². The van der Waals surface area contributed by atoms with Crippen LogP contribution in [0.15, 0.2) is 42.6 Å². The van der Waals surface area contributed by atoms with Crippen LogP contribution >= 0.6 is 0 Å². The zero-order valence-electron chi connectivity index (χ0n) is 17.5. The molecule has 1 N–H and O–H groups in total. The van der Waals surface area contributed by atoms with E-state index < -0.39 is 5.97 Å². The Balaban J connectivity index is 1.28. The molecule has 2 aromatic rings. The summed E-state index contributed by atoms with van der Waals surface area (Å²) in [6.07, 6.45) is 5.99. The predicted octanol–water partition coefficient (Wildman–Crippen LogP) is 4.54. The minimum absolute atomic E-state index is 0.0601. The number of benzene rings is 1. The van der Waals surface area contributed by atoms with E-state index >= 15 is 0 Å². The maximum Gasteiger partial charge on any atom is 0.306 e. The Morgan fingerprint density at radius 3 is 2.70 bits per heavy atom. The average Bonchev–Trinajstić information content (AvgIpc) is 3.55. The Morgan fingerprint density at radius 1 is 1.20 bits per heavy atom. The number of hydrogen-bond acceptors (Lipinski definition) is 5. The third-order valence-electron chi connectivity index (χ3n) is 6.20. The lowest BCUT2D eigenvalue weighted by atomic mass is 9.82. The highest BCUT2D eigenvalue weighted by atomic mass is 16.5. The van der Waals surface area contributed by atoms with Crippen molar-refractivity contribution in [2.75, 3.05) is 13.7 Å². The van der Waals surface area contributed by atoms with Crippen LogP contribution in [0, 0.1) is 17.8 Å². The van der Waals surface area contributed by atoms with Gasteiger partial charge in [0, 0.05) is 12.3 Å². The van der Waals surface area contributed by atoms with E-state index in [0.717, 1.165) is 42.7 Å². The van der Waals surface area contributed by atoms with Crippen LogP contribution in [0.3, 0.4) is 0 Å². The van der Waals surface area contributed by atoms with Gasteiger partial charge in [0.2, 0.25) is 5.88 Å². The zero-order chi connectivity index (χ0) is 21.1. The molecule has 0 bridgehead atoms. The summed E-state index contributed by atoms with van der Waals surface area (Å²) in [7, 11) is 1.59. The number of rotatable bonds is 10. The van der Waals surface area contributed by atoms with E-state index in [1.165, 1.54) is 0 Å². The van der Waals surface area contributed by atoms with Gasteiger partial charge in [-0.25, -0.2) is 4.98 Å². The lowest BCUT2D eigenvalue weighted by Gasteiger charge is -2.35. The van der Waals surface area contributed by atoms with Crippen LogP contribution in [-0.4, -0.2) is 35.9 Å². The summed E-state index contributed by atoms with van der Waals surface area (Å²) >= 11 is 0. The van der Waals surface area contributed by atoms with Gasteiger partial charge in [-0.3, -0.25) is 4.79 Å². The van der Waals surface area contributed by atoms with Gasteiger partial charge in [-0.05, 0) is 67.2 Å². The quantitative estimate of drug-likeness (QED) is 0.618. The van der Waals surface area contributed by atoms with Crippen LogP contribution in [0.5, 0.6) is 17.4 Å². The minimum Gasteiger partial charge on any atom is -0.493 e. The predicted molar refractivity (Wildman–Crippen MR) is 112 cm³/mol. The first-order chi connectivity index (χ1) is 14.5. The van der Waals surface area contributed by atoms with Crippen LogP contribution in [0.4, 0.5) is 0 Å². The maximum atomic E-state index is 11.5. The molecule has 0 amide bonds. The van der Waals surface area contributed by atoms with Crippen molar-refractivity contribution in [1.29, 1.82) is 0 Å². The van der Waals surface area contributed by atoms with E-state index in [9.17, 15) is 9.90 Å². The first kappa shape index (κ1) is 20.5. The zero-order valence-corrected chi connectivity index (χ0v) is 17.5. The molecular weight excluding hydrogens is 382 g/mol. The topological polar surface area (TPSA) is 77.9 Å². The Morgan fingerprint density at radius 2 is 2.00 bits per heavy atom. The van der Waals surface area contributed by atoms with Crippen LogP contribution < -0.4 is 14.2 Å². The molecule has 30 heavy (non-hydrogen) atoms. The normalized spacial score (nSPS) is 22.5. The summed E-state index contributed by atoms with van der Waals surface area (Å²) in [4.78, 5) is 15.6. The van der Waals surface area contributed by atoms with Crippen molar-refractivity contribution in [3.63, 3.8) is 0 Å². The molecule has 0 aliphatic heterocycles. The van der Waals surface area contributed by atoms with Gasteiger partial charge >= 0.3 is 5.97 Å². The molecular formula is C24H29NO5. The van der Waals surface area contributed by atoms with Crippen molar-refractivity contribution < 1.29 is 24.1 Å². The van der Waals surface area contributed by atoms with Crippen LogP contribution in [0.2, 0.25) is 0 Å². The van der Waals surface area contributed by atoms with Crippen LogP contribution in [0.25, 0.3) is 0 Å². The van der Waals surface area contributed by atoms with Gasteiger partial charge in [-0.1, -0.05) is 19.1 Å². The standard InChI is InChI=1S/C24H29NO5/c1-15(24(26)27)23(17-6-7-17)18-4-3-5-19(12-18)29-14-16-10-21(11-16)30-20-8-9-25-22(13-20)28-2/h3-5,8-9,12-13,15-17,21,23H,6-7,10-11,14H2,1-2H3,(H,26,27)/t15-,16?,21?,23-/m0/s1. The molecule has 0 spiro atoms. The molecule has 2 saturated carbocycles. The summed E-state index contributed by atoms with van der Waals surface area (Å²) in [5.41, 5.74) is 1.08. The Hall–Kier alpha value is -2.76. The first-order valence-electron chi connectivity index (χ1n) is 10.7. The lowest BCUT2D eigenvalue weighted by molar-refractivity contribution is -0.142. The molecule has 2 aliphatic rings. The second-order valence-electron chi connectivity index (χ2n) is 8.48. The Labute approximate surface area is 177 Å². The van der Waals surface area contributed by atoms with Gasteiger partial charge in [-0.15, -0.1) is 0 Å². The van der Waals surface area contributed by atoms with Gasteiger partial charge in [0.05, 0.1) is 25.7 Å². The summed E-state index contributed by atoms with van der Waals surface area (Å²) in [6.45, 7) is 2.46. The average molecular weight is 411 g/mol. The smallest absolute Gasteiger partial charge is 0.306 e. The minimum atomic E-state index is -0.731. The van der Waals surface area contributed by atoms with Crippen molar-refractivity contribution in [1.82, 2.24) is 4.98 Å². The third kappa shape index (κ3) is 4.86. The van der Waals surface area contributed by atoms with Gasteiger partial charge in [-0.2, -0.15) is 0 Å². The van der Waals surface area contributed by atoms with E-state index in [0.29, 0.717) is 24.3 Å². The molecule has 2 atom stereocenters. The van der Waals surface area contributed by atoms with E-state index in [1.54, 1.807) is 19.4 Å². The van der Waals surface area contributed by atoms with Crippen molar-refractivity contribution >= 4 is 5.97 Å². The fourth-order valence-electron chi connectivity index (χ4n) is 4.28. The molecule has 160 valence electrons. The van der Waals surface area contributed by atoms with E-state index in [2.05, 4.69) is 4.98 Å². The molecule has 6 nitrogen and oxygen atoms in total. The molecule has 1 aromatic heterocycles. The van der Waals surface area contributed by atoms with Crippen LogP contribution in [-0.2, 0) is 4.79 Å². The molecule has 1 aromatic carbocycles. The number of carboxylic acids is 1. The number of hydrogen-bond donors (Lipinski definition) is 1. The summed E-state index contributed by atoms with van der Waals surface area (Å²) in [5.74, 6) is 2.02. The summed E-state index contributed by atoms with van der Waals surface area (Å²) in [5, 5.41) is 9.48. The SMILES string of the molecule is COc1cc(OC2CC(COc3cccc([C@H](C4CC4)[C@H](C)C(=O)O)c3)C2)ccn1. The highest BCUT2D eigenvalue weighted by Crippen LogP contribution is 2.47. The van der Waals surface area contributed by atoms with Crippen molar-refractivity contribution in [3.05, 3.63) is 48.2 Å². The number of carboxylic acid groups (broad SMARTS) is 1. The second-order valence-corrected chi connectivity index (χ2v) is 8.48. The Kier molecular flexibility index (Phi) is 6.11. The number of methoxy groups -OCH3 is 1. The molecule has 2 fully saturated rings. The molecule has 0 saturated heterocycles. The fourth-order valence-corrected chi connectivity index (χ4v) is 4.28. The molecule has 1 heterocycles. The first-order valence-corrected chi connectivity index (χ1v) is 10.7. The fraction of sp³-hybridized carbons (Fsp3) is 0.500. The molecule has 6 heteroatoms. The largest absolute Gasteiger partial charge is 0.493 e. The molecule has 4 rings (SSSR count). The number of pyridine rings is 1. The van der Waals surface area contributed by atoms with Crippen molar-refractivity contribution in [2.45, 2.75) is 44.6 Å². The van der Waals surface area contributed by atoms with Gasteiger partial charge in [0.1, 0.15) is 11.5 Å². The third-order valence-corrected chi connectivity index (χ3v) is 6.20. The van der Waals surface area contributed by atoms with E-state index in [4.69, 9.17) is 14.2 Å². The van der Waals surface area contributed by atoms with E-state index in [1.807, 2.05) is 37.3 Å². The second kappa shape index (κ2) is 8.94. The summed E-state index contributed by atoms with van der Waals surface area (Å²) < 4.78 is 17.1. The maximum absolute atomic E-state index is 11.5. The Bertz CT molecular complexity index is 875. The monoisotopic (exact) mass is 411 g/mol. The van der Waals surface area contributed by atoms with Crippen molar-refractivity contribution in [3.8, 4) is 17.4 Å². The summed E-state index contributed by atoms with van der Waals surface area (Å²) in [6, 6.07) is 11.6. The number of nitrogens with zero attached hydrogens (tertiary/aromatic N) is 1. The number of ether oxygens (including phenoxy) is 3. The highest BCUT2D eigenvalue weighted by Gasteiger charge is 2.38. The molecule has 0 radical (unpaired) electrons. The molecule has 2 aliphatic carbocycles. The van der Waals surface area contributed by atoms with Crippen LogP contribution in [0.1, 0.15) is 44.1 Å². The number of aliphatic carboxylic acids is 1. The number of carbonyl (C=O) groups is 1. The highest BCUT2D eigenvalue weighted by molar-refractivity contribution is 5.71. The van der Waals surface area contributed by atoms with Gasteiger partial charge in [0.15, 0.2) is 0 Å². The van der Waals surface area contributed by atoms with Crippen molar-refractivity contribution in [2.24, 2.45) is 17.8 Å². The van der Waals surface area contributed by atoms with E-state index in [-0.39, 0.29) is 17.9 Å².